The van der Waals surface area contributed by atoms with Gasteiger partial charge in [0.1, 0.15) is 0 Å². The largest absolute Gasteiger partial charge is 0.354 e. The zero-order valence-corrected chi connectivity index (χ0v) is 17.0. The predicted octanol–water partition coefficient (Wildman–Crippen LogP) is 2.71. The summed E-state index contributed by atoms with van der Waals surface area (Å²) in [6.07, 6.45) is 7.02. The molecule has 3 unspecified atom stereocenters. The lowest BCUT2D eigenvalue weighted by Gasteiger charge is -2.39. The van der Waals surface area contributed by atoms with E-state index in [0.717, 1.165) is 32.0 Å². The lowest BCUT2D eigenvalue weighted by atomic mass is 9.93. The van der Waals surface area contributed by atoms with Gasteiger partial charge in [-0.25, -0.2) is 4.98 Å². The highest BCUT2D eigenvalue weighted by atomic mass is 32.1. The van der Waals surface area contributed by atoms with Crippen LogP contribution in [0.3, 0.4) is 0 Å². The number of piperidine rings is 1. The van der Waals surface area contributed by atoms with Crippen LogP contribution in [0.2, 0.25) is 0 Å². The van der Waals surface area contributed by atoms with Gasteiger partial charge in [0.25, 0.3) is 0 Å². The van der Waals surface area contributed by atoms with E-state index in [-0.39, 0.29) is 0 Å². The van der Waals surface area contributed by atoms with Crippen molar-refractivity contribution in [2.24, 2.45) is 10.9 Å². The molecule has 0 bridgehead atoms. The Kier molecular flexibility index (Phi) is 6.32. The van der Waals surface area contributed by atoms with E-state index >= 15 is 0 Å². The van der Waals surface area contributed by atoms with Crippen LogP contribution < -0.4 is 5.32 Å². The number of likely N-dealkylation sites (N-methyl/N-ethyl adjacent to an activating group) is 1. The second kappa shape index (κ2) is 8.68. The molecule has 3 heterocycles. The first kappa shape index (κ1) is 18.9. The van der Waals surface area contributed by atoms with E-state index in [1.54, 1.807) is 11.3 Å². The maximum absolute atomic E-state index is 4.56. The molecular weight excluding hydrogens is 344 g/mol. The Morgan fingerprint density at radius 2 is 2.35 bits per heavy atom. The summed E-state index contributed by atoms with van der Waals surface area (Å²) in [5.74, 6) is 1.63. The standard InChI is InChI=1S/C19H30N6S/c1-15-5-8-24(12-18(15)25-9-7-21-14-25)19(20-2)22-11-17(23(3)4)16-6-10-26-13-16/h6-7,9-10,13-15,17-18H,5,8,11-12H2,1-4H3,(H,20,22). The van der Waals surface area contributed by atoms with Crippen LogP contribution >= 0.6 is 11.3 Å². The van der Waals surface area contributed by atoms with Crippen molar-refractivity contribution in [3.05, 3.63) is 41.1 Å². The van der Waals surface area contributed by atoms with Crippen molar-refractivity contribution < 1.29 is 0 Å². The van der Waals surface area contributed by atoms with Crippen LogP contribution in [-0.2, 0) is 0 Å². The Bertz CT molecular complexity index is 679. The minimum absolute atomic E-state index is 0.339. The van der Waals surface area contributed by atoms with Gasteiger partial charge in [-0.05, 0) is 48.8 Å². The number of likely N-dealkylation sites (tertiary alicyclic amines) is 1. The summed E-state index contributed by atoms with van der Waals surface area (Å²) in [4.78, 5) is 13.4. The second-order valence-electron chi connectivity index (χ2n) is 7.25. The summed E-state index contributed by atoms with van der Waals surface area (Å²) in [6, 6.07) is 2.98. The van der Waals surface area contributed by atoms with Crippen LogP contribution in [0.5, 0.6) is 0 Å². The highest BCUT2D eigenvalue weighted by Gasteiger charge is 2.29. The topological polar surface area (TPSA) is 48.7 Å². The average molecular weight is 375 g/mol. The number of hydrogen-bond donors (Lipinski definition) is 1. The normalized spacial score (nSPS) is 22.7. The monoisotopic (exact) mass is 374 g/mol. The molecule has 142 valence electrons. The van der Waals surface area contributed by atoms with Gasteiger partial charge >= 0.3 is 0 Å². The second-order valence-corrected chi connectivity index (χ2v) is 8.03. The highest BCUT2D eigenvalue weighted by molar-refractivity contribution is 7.07. The Labute approximate surface area is 160 Å². The molecule has 26 heavy (non-hydrogen) atoms. The Hall–Kier alpha value is -1.86. The molecule has 1 saturated heterocycles. The minimum atomic E-state index is 0.339. The van der Waals surface area contributed by atoms with Crippen LogP contribution in [0.1, 0.15) is 31.0 Å². The van der Waals surface area contributed by atoms with Gasteiger partial charge in [0.2, 0.25) is 0 Å². The van der Waals surface area contributed by atoms with Crippen molar-refractivity contribution in [2.45, 2.75) is 25.4 Å². The van der Waals surface area contributed by atoms with Crippen molar-refractivity contribution in [1.82, 2.24) is 24.7 Å². The van der Waals surface area contributed by atoms with E-state index in [1.165, 1.54) is 5.56 Å². The molecule has 3 atom stereocenters. The number of aromatic nitrogens is 2. The van der Waals surface area contributed by atoms with Crippen molar-refractivity contribution in [2.75, 3.05) is 40.8 Å². The van der Waals surface area contributed by atoms with Crippen molar-refractivity contribution in [3.8, 4) is 0 Å². The third-order valence-corrected chi connectivity index (χ3v) is 6.04. The van der Waals surface area contributed by atoms with Crippen molar-refractivity contribution in [1.29, 1.82) is 0 Å². The molecule has 2 aromatic rings. The quantitative estimate of drug-likeness (QED) is 0.646. The molecule has 0 saturated carbocycles. The van der Waals surface area contributed by atoms with Crippen LogP contribution in [-0.4, -0.2) is 66.1 Å². The SMILES string of the molecule is CN=C(NCC(c1ccsc1)N(C)C)N1CCC(C)C(n2ccnc2)C1. The average Bonchev–Trinajstić information content (AvgIpc) is 3.33. The summed E-state index contributed by atoms with van der Waals surface area (Å²) >= 11 is 1.75. The van der Waals surface area contributed by atoms with Gasteiger partial charge in [-0.1, -0.05) is 6.92 Å². The van der Waals surface area contributed by atoms with Crippen LogP contribution in [0.4, 0.5) is 0 Å². The Balaban J connectivity index is 1.65. The fourth-order valence-corrected chi connectivity index (χ4v) is 4.39. The van der Waals surface area contributed by atoms with Gasteiger partial charge in [0, 0.05) is 39.1 Å². The molecule has 0 aromatic carbocycles. The lowest BCUT2D eigenvalue weighted by Crippen LogP contribution is -2.50. The molecule has 7 heteroatoms. The van der Waals surface area contributed by atoms with Crippen LogP contribution in [0, 0.1) is 5.92 Å². The third-order valence-electron chi connectivity index (χ3n) is 5.34. The number of nitrogens with zero attached hydrogens (tertiary/aromatic N) is 5. The van der Waals surface area contributed by atoms with Crippen molar-refractivity contribution in [3.63, 3.8) is 0 Å². The zero-order chi connectivity index (χ0) is 18.5. The maximum atomic E-state index is 4.56. The Morgan fingerprint density at radius 3 is 2.96 bits per heavy atom. The molecule has 1 fully saturated rings. The lowest BCUT2D eigenvalue weighted by molar-refractivity contribution is 0.187. The smallest absolute Gasteiger partial charge is 0.193 e. The van der Waals surface area contributed by atoms with E-state index in [1.807, 2.05) is 19.6 Å². The van der Waals surface area contributed by atoms with Crippen molar-refractivity contribution >= 4 is 17.3 Å². The molecule has 3 rings (SSSR count). The van der Waals surface area contributed by atoms with Gasteiger partial charge in [0.05, 0.1) is 18.4 Å². The fourth-order valence-electron chi connectivity index (χ4n) is 3.68. The fraction of sp³-hybridized carbons (Fsp3) is 0.579. The molecule has 0 amide bonds. The number of rotatable bonds is 5. The summed E-state index contributed by atoms with van der Waals surface area (Å²) < 4.78 is 2.23. The molecule has 6 nitrogen and oxygen atoms in total. The molecule has 1 N–H and O–H groups in total. The van der Waals surface area contributed by atoms with Crippen LogP contribution in [0.15, 0.2) is 40.5 Å². The van der Waals surface area contributed by atoms with E-state index < -0.39 is 0 Å². The maximum Gasteiger partial charge on any atom is 0.193 e. The number of nitrogens with one attached hydrogen (secondary N) is 1. The number of guanidine groups is 1. The third kappa shape index (κ3) is 4.27. The summed E-state index contributed by atoms with van der Waals surface area (Å²) in [7, 11) is 6.14. The summed E-state index contributed by atoms with van der Waals surface area (Å²) in [5.41, 5.74) is 1.35. The molecule has 0 spiro atoms. The summed E-state index contributed by atoms with van der Waals surface area (Å²) in [6.45, 7) is 5.18. The first-order chi connectivity index (χ1) is 12.6. The van der Waals surface area contributed by atoms with Gasteiger partial charge in [0.15, 0.2) is 5.96 Å². The predicted molar refractivity (Wildman–Crippen MR) is 109 cm³/mol. The summed E-state index contributed by atoms with van der Waals surface area (Å²) in [5, 5.41) is 7.97. The van der Waals surface area contributed by atoms with Gasteiger partial charge in [-0.3, -0.25) is 4.99 Å². The van der Waals surface area contributed by atoms with E-state index in [4.69, 9.17) is 0 Å². The molecule has 1 aliphatic rings. The number of imidazole rings is 1. The molecule has 1 aliphatic heterocycles. The first-order valence-electron chi connectivity index (χ1n) is 9.21. The zero-order valence-electron chi connectivity index (χ0n) is 16.2. The number of thiophene rings is 1. The molecule has 0 aliphatic carbocycles. The Morgan fingerprint density at radius 1 is 1.50 bits per heavy atom. The molecular formula is C19H30N6S. The van der Waals surface area contributed by atoms with Crippen LogP contribution in [0.25, 0.3) is 0 Å². The molecule has 0 radical (unpaired) electrons. The van der Waals surface area contributed by atoms with Gasteiger partial charge in [-0.15, -0.1) is 0 Å². The molecule has 2 aromatic heterocycles. The number of aliphatic imine (C=N–C) groups is 1. The number of hydrogen-bond acceptors (Lipinski definition) is 4. The van der Waals surface area contributed by atoms with Gasteiger partial charge in [-0.2, -0.15) is 11.3 Å². The van der Waals surface area contributed by atoms with E-state index in [9.17, 15) is 0 Å². The minimum Gasteiger partial charge on any atom is -0.354 e. The highest BCUT2D eigenvalue weighted by Crippen LogP contribution is 2.27. The first-order valence-corrected chi connectivity index (χ1v) is 10.2. The van der Waals surface area contributed by atoms with E-state index in [2.05, 4.69) is 73.7 Å². The van der Waals surface area contributed by atoms with E-state index in [0.29, 0.717) is 18.0 Å². The van der Waals surface area contributed by atoms with Gasteiger partial charge < -0.3 is 19.7 Å².